The molecule has 1 aromatic carbocycles. The van der Waals surface area contributed by atoms with Crippen LogP contribution in [0, 0.1) is 0 Å². The average molecular weight is 245 g/mol. The van der Waals surface area contributed by atoms with Crippen LogP contribution < -0.4 is 5.32 Å². The van der Waals surface area contributed by atoms with Crippen molar-refractivity contribution < 1.29 is 4.74 Å². The van der Waals surface area contributed by atoms with Crippen molar-refractivity contribution in [2.75, 3.05) is 13.1 Å². The van der Waals surface area contributed by atoms with Crippen molar-refractivity contribution in [3.63, 3.8) is 0 Å². The number of ether oxygens (including phenoxy) is 1. The largest absolute Gasteiger partial charge is 0.363 e. The molecule has 1 N–H and O–H groups in total. The van der Waals surface area contributed by atoms with Gasteiger partial charge in [-0.05, 0) is 28.0 Å². The van der Waals surface area contributed by atoms with Crippen LogP contribution in [0.2, 0.25) is 0 Å². The molecule has 2 unspecified atom stereocenters. The zero-order chi connectivity index (χ0) is 11.5. The third-order valence-electron chi connectivity index (χ3n) is 3.07. The standard InChI is InChI=1S/C14H15NOS/c1-2-4-11(5-3-1)13-8-15-9-14(16-13)12-6-7-17-10-12/h1-7,10,13-15H,8-9H2. The zero-order valence-corrected chi connectivity index (χ0v) is 10.3. The average Bonchev–Trinajstić information content (AvgIpc) is 2.94. The number of rotatable bonds is 2. The monoisotopic (exact) mass is 245 g/mol. The van der Waals surface area contributed by atoms with E-state index in [9.17, 15) is 0 Å². The molecule has 2 nitrogen and oxygen atoms in total. The van der Waals surface area contributed by atoms with E-state index in [1.165, 1.54) is 11.1 Å². The molecule has 88 valence electrons. The summed E-state index contributed by atoms with van der Waals surface area (Å²) in [5.41, 5.74) is 2.53. The Balaban J connectivity index is 1.76. The van der Waals surface area contributed by atoms with E-state index in [4.69, 9.17) is 4.74 Å². The maximum atomic E-state index is 6.16. The number of hydrogen-bond donors (Lipinski definition) is 1. The summed E-state index contributed by atoms with van der Waals surface area (Å²) in [6.07, 6.45) is 0.343. The summed E-state index contributed by atoms with van der Waals surface area (Å²) in [5, 5.41) is 7.72. The smallest absolute Gasteiger partial charge is 0.0966 e. The Labute approximate surface area is 105 Å². The third kappa shape index (κ3) is 2.41. The molecule has 3 rings (SSSR count). The van der Waals surface area contributed by atoms with Crippen LogP contribution in [0.3, 0.4) is 0 Å². The van der Waals surface area contributed by atoms with Gasteiger partial charge in [0.15, 0.2) is 0 Å². The SMILES string of the molecule is c1ccc(C2CNCC(c3ccsc3)O2)cc1. The molecular formula is C14H15NOS. The number of nitrogens with one attached hydrogen (secondary N) is 1. The number of benzene rings is 1. The summed E-state index contributed by atoms with van der Waals surface area (Å²) >= 11 is 1.72. The minimum absolute atomic E-state index is 0.162. The number of thiophene rings is 1. The maximum absolute atomic E-state index is 6.16. The summed E-state index contributed by atoms with van der Waals surface area (Å²) in [6.45, 7) is 1.80. The van der Waals surface area contributed by atoms with Gasteiger partial charge in [0.25, 0.3) is 0 Å². The van der Waals surface area contributed by atoms with E-state index in [0.29, 0.717) is 0 Å². The molecule has 0 bridgehead atoms. The quantitative estimate of drug-likeness (QED) is 0.877. The van der Waals surface area contributed by atoms with Crippen LogP contribution in [0.15, 0.2) is 47.2 Å². The van der Waals surface area contributed by atoms with E-state index in [1.54, 1.807) is 11.3 Å². The maximum Gasteiger partial charge on any atom is 0.0966 e. The predicted octanol–water partition coefficient (Wildman–Crippen LogP) is 3.15. The summed E-state index contributed by atoms with van der Waals surface area (Å²) in [4.78, 5) is 0. The lowest BCUT2D eigenvalue weighted by Gasteiger charge is -2.31. The van der Waals surface area contributed by atoms with Crippen molar-refractivity contribution in [1.29, 1.82) is 0 Å². The number of morpholine rings is 1. The van der Waals surface area contributed by atoms with Crippen molar-refractivity contribution in [2.45, 2.75) is 12.2 Å². The molecule has 0 aliphatic carbocycles. The molecule has 0 amide bonds. The van der Waals surface area contributed by atoms with Gasteiger partial charge in [-0.2, -0.15) is 11.3 Å². The lowest BCUT2D eigenvalue weighted by Crippen LogP contribution is -2.35. The molecular weight excluding hydrogens is 230 g/mol. The van der Waals surface area contributed by atoms with Crippen LogP contribution in [0.1, 0.15) is 23.3 Å². The Bertz CT molecular complexity index is 454. The molecule has 3 heteroatoms. The van der Waals surface area contributed by atoms with E-state index < -0.39 is 0 Å². The normalized spacial score (nSPS) is 24.7. The van der Waals surface area contributed by atoms with Crippen molar-refractivity contribution in [1.82, 2.24) is 5.32 Å². The molecule has 0 radical (unpaired) electrons. The molecule has 1 saturated heterocycles. The van der Waals surface area contributed by atoms with Crippen molar-refractivity contribution in [3.05, 3.63) is 58.3 Å². The minimum atomic E-state index is 0.162. The summed E-state index contributed by atoms with van der Waals surface area (Å²) in [6, 6.07) is 12.6. The first-order valence-corrected chi connectivity index (χ1v) is 6.81. The number of hydrogen-bond acceptors (Lipinski definition) is 3. The summed E-state index contributed by atoms with van der Waals surface area (Å²) in [7, 11) is 0. The summed E-state index contributed by atoms with van der Waals surface area (Å²) in [5.74, 6) is 0. The molecule has 0 saturated carbocycles. The molecule has 17 heavy (non-hydrogen) atoms. The van der Waals surface area contributed by atoms with E-state index in [0.717, 1.165) is 13.1 Å². The molecule has 1 fully saturated rings. The van der Waals surface area contributed by atoms with Crippen LogP contribution in [0.5, 0.6) is 0 Å². The highest BCUT2D eigenvalue weighted by atomic mass is 32.1. The first kappa shape index (κ1) is 11.0. The van der Waals surface area contributed by atoms with E-state index in [-0.39, 0.29) is 12.2 Å². The van der Waals surface area contributed by atoms with Gasteiger partial charge >= 0.3 is 0 Å². The van der Waals surface area contributed by atoms with E-state index >= 15 is 0 Å². The van der Waals surface area contributed by atoms with Crippen molar-refractivity contribution >= 4 is 11.3 Å². The molecule has 2 atom stereocenters. The topological polar surface area (TPSA) is 21.3 Å². The minimum Gasteiger partial charge on any atom is -0.363 e. The Morgan fingerprint density at radius 2 is 1.76 bits per heavy atom. The van der Waals surface area contributed by atoms with Gasteiger partial charge in [0.2, 0.25) is 0 Å². The van der Waals surface area contributed by atoms with Crippen LogP contribution >= 0.6 is 11.3 Å². The van der Waals surface area contributed by atoms with Gasteiger partial charge in [0.1, 0.15) is 0 Å². The molecule has 0 spiro atoms. The molecule has 1 aromatic heterocycles. The lowest BCUT2D eigenvalue weighted by atomic mass is 10.1. The van der Waals surface area contributed by atoms with Crippen LogP contribution in [-0.2, 0) is 4.74 Å². The Morgan fingerprint density at radius 3 is 2.47 bits per heavy atom. The van der Waals surface area contributed by atoms with Gasteiger partial charge in [-0.3, -0.25) is 0 Å². The fourth-order valence-electron chi connectivity index (χ4n) is 2.16. The fourth-order valence-corrected chi connectivity index (χ4v) is 2.86. The highest BCUT2D eigenvalue weighted by Crippen LogP contribution is 2.30. The molecule has 1 aliphatic heterocycles. The first-order chi connectivity index (χ1) is 8.43. The van der Waals surface area contributed by atoms with Gasteiger partial charge in [0, 0.05) is 13.1 Å². The Kier molecular flexibility index (Phi) is 3.22. The van der Waals surface area contributed by atoms with Gasteiger partial charge in [-0.25, -0.2) is 0 Å². The second kappa shape index (κ2) is 5.00. The predicted molar refractivity (Wildman–Crippen MR) is 70.2 cm³/mol. The van der Waals surface area contributed by atoms with E-state index in [1.807, 2.05) is 6.07 Å². The molecule has 2 heterocycles. The van der Waals surface area contributed by atoms with Gasteiger partial charge in [0.05, 0.1) is 12.2 Å². The van der Waals surface area contributed by atoms with Gasteiger partial charge in [-0.15, -0.1) is 0 Å². The van der Waals surface area contributed by atoms with Gasteiger partial charge in [-0.1, -0.05) is 30.3 Å². The van der Waals surface area contributed by atoms with Crippen LogP contribution in [0.4, 0.5) is 0 Å². The Hall–Kier alpha value is -1.16. The fraction of sp³-hybridized carbons (Fsp3) is 0.286. The van der Waals surface area contributed by atoms with Gasteiger partial charge < -0.3 is 10.1 Å². The molecule has 1 aliphatic rings. The Morgan fingerprint density at radius 1 is 1.00 bits per heavy atom. The van der Waals surface area contributed by atoms with Crippen LogP contribution in [0.25, 0.3) is 0 Å². The second-order valence-electron chi connectivity index (χ2n) is 4.24. The highest BCUT2D eigenvalue weighted by Gasteiger charge is 2.24. The third-order valence-corrected chi connectivity index (χ3v) is 3.78. The van der Waals surface area contributed by atoms with Crippen LogP contribution in [-0.4, -0.2) is 13.1 Å². The highest BCUT2D eigenvalue weighted by molar-refractivity contribution is 7.07. The summed E-state index contributed by atoms with van der Waals surface area (Å²) < 4.78 is 6.16. The molecule has 2 aromatic rings. The first-order valence-electron chi connectivity index (χ1n) is 5.87. The second-order valence-corrected chi connectivity index (χ2v) is 5.02. The van der Waals surface area contributed by atoms with Crippen molar-refractivity contribution in [3.8, 4) is 0 Å². The van der Waals surface area contributed by atoms with Crippen molar-refractivity contribution in [2.24, 2.45) is 0 Å². The zero-order valence-electron chi connectivity index (χ0n) is 9.50. The van der Waals surface area contributed by atoms with E-state index in [2.05, 4.69) is 46.4 Å². The lowest BCUT2D eigenvalue weighted by molar-refractivity contribution is -0.0404.